The van der Waals surface area contributed by atoms with E-state index in [1.165, 1.54) is 18.5 Å². The first kappa shape index (κ1) is 8.57. The van der Waals surface area contributed by atoms with Crippen molar-refractivity contribution in [3.05, 3.63) is 30.3 Å². The maximum Gasteiger partial charge on any atom is 0.0748 e. The van der Waals surface area contributed by atoms with Crippen LogP contribution in [0.15, 0.2) is 30.3 Å². The number of nitrogens with one attached hydrogen (secondary N) is 1. The lowest BCUT2D eigenvalue weighted by Crippen LogP contribution is -2.18. The quantitative estimate of drug-likeness (QED) is 0.764. The predicted octanol–water partition coefficient (Wildman–Crippen LogP) is 2.28. The summed E-state index contributed by atoms with van der Waals surface area (Å²) in [6.07, 6.45) is 2.82. The van der Waals surface area contributed by atoms with Gasteiger partial charge in [0.15, 0.2) is 0 Å². The Morgan fingerprint density at radius 2 is 2.15 bits per heavy atom. The van der Waals surface area contributed by atoms with Gasteiger partial charge >= 0.3 is 0 Å². The molecule has 0 bridgehead atoms. The highest BCUT2D eigenvalue weighted by atomic mass is 16.5. The fraction of sp³-hybridized carbons (Fsp3) is 0.455. The molecule has 0 aromatic heterocycles. The standard InChI is InChI=1S/C11H15NO/c1-2-5-10(6-3-1)12-9-11-7-4-8-13-11/h1-3,5-6,11-12H,4,7-9H2/t11-/m1/s1. The molecular weight excluding hydrogens is 162 g/mol. The summed E-state index contributed by atoms with van der Waals surface area (Å²) >= 11 is 0. The highest BCUT2D eigenvalue weighted by molar-refractivity contribution is 5.42. The molecular formula is C11H15NO. The molecule has 1 aliphatic rings. The fourth-order valence-corrected chi connectivity index (χ4v) is 1.59. The van der Waals surface area contributed by atoms with Crippen LogP contribution >= 0.6 is 0 Å². The van der Waals surface area contributed by atoms with Crippen LogP contribution < -0.4 is 5.32 Å². The van der Waals surface area contributed by atoms with E-state index < -0.39 is 0 Å². The number of benzene rings is 1. The minimum atomic E-state index is 0.417. The van der Waals surface area contributed by atoms with Crippen molar-refractivity contribution in [2.75, 3.05) is 18.5 Å². The zero-order valence-electron chi connectivity index (χ0n) is 7.70. The summed E-state index contributed by atoms with van der Waals surface area (Å²) < 4.78 is 5.51. The third-order valence-electron chi connectivity index (χ3n) is 2.33. The number of ether oxygens (including phenoxy) is 1. The second-order valence-electron chi connectivity index (χ2n) is 3.38. The number of anilines is 1. The maximum atomic E-state index is 5.51. The molecule has 1 N–H and O–H groups in total. The first-order chi connectivity index (χ1) is 6.45. The molecule has 1 aromatic rings. The summed E-state index contributed by atoms with van der Waals surface area (Å²) in [6, 6.07) is 10.3. The lowest BCUT2D eigenvalue weighted by molar-refractivity contribution is 0.120. The van der Waals surface area contributed by atoms with Gasteiger partial charge in [-0.15, -0.1) is 0 Å². The van der Waals surface area contributed by atoms with Crippen LogP contribution in [0.1, 0.15) is 12.8 Å². The predicted molar refractivity (Wildman–Crippen MR) is 53.9 cm³/mol. The van der Waals surface area contributed by atoms with Crippen molar-refractivity contribution in [3.8, 4) is 0 Å². The summed E-state index contributed by atoms with van der Waals surface area (Å²) in [5.74, 6) is 0. The Morgan fingerprint density at radius 3 is 2.85 bits per heavy atom. The number of rotatable bonds is 3. The van der Waals surface area contributed by atoms with Crippen LogP contribution in [0.25, 0.3) is 0 Å². The molecule has 70 valence electrons. The van der Waals surface area contributed by atoms with E-state index in [4.69, 9.17) is 4.74 Å². The molecule has 0 unspecified atom stereocenters. The van der Waals surface area contributed by atoms with Crippen molar-refractivity contribution in [1.82, 2.24) is 0 Å². The van der Waals surface area contributed by atoms with E-state index in [9.17, 15) is 0 Å². The SMILES string of the molecule is c1ccc(NC[C@H]2CCCO2)cc1. The van der Waals surface area contributed by atoms with Gasteiger partial charge in [-0.2, -0.15) is 0 Å². The number of hydrogen-bond acceptors (Lipinski definition) is 2. The van der Waals surface area contributed by atoms with Crippen LogP contribution in [0.2, 0.25) is 0 Å². The summed E-state index contributed by atoms with van der Waals surface area (Å²) in [4.78, 5) is 0. The highest BCUT2D eigenvalue weighted by Gasteiger charge is 2.14. The minimum absolute atomic E-state index is 0.417. The summed E-state index contributed by atoms with van der Waals surface area (Å²) in [5, 5.41) is 3.36. The Labute approximate surface area is 78.9 Å². The van der Waals surface area contributed by atoms with E-state index in [1.807, 2.05) is 18.2 Å². The van der Waals surface area contributed by atoms with E-state index >= 15 is 0 Å². The average Bonchev–Trinajstić information content (AvgIpc) is 2.69. The molecule has 1 aliphatic heterocycles. The molecule has 0 saturated carbocycles. The maximum absolute atomic E-state index is 5.51. The summed E-state index contributed by atoms with van der Waals surface area (Å²) in [5.41, 5.74) is 1.18. The van der Waals surface area contributed by atoms with Crippen LogP contribution in [0.3, 0.4) is 0 Å². The molecule has 1 fully saturated rings. The van der Waals surface area contributed by atoms with Gasteiger partial charge in [0, 0.05) is 18.8 Å². The Balaban J connectivity index is 1.79. The Hall–Kier alpha value is -1.02. The van der Waals surface area contributed by atoms with E-state index in [-0.39, 0.29) is 0 Å². The van der Waals surface area contributed by atoms with Crippen molar-refractivity contribution >= 4 is 5.69 Å². The molecule has 0 radical (unpaired) electrons. The average molecular weight is 177 g/mol. The summed E-state index contributed by atoms with van der Waals surface area (Å²) in [7, 11) is 0. The van der Waals surface area contributed by atoms with E-state index in [0.29, 0.717) is 6.10 Å². The molecule has 2 rings (SSSR count). The van der Waals surface area contributed by atoms with Crippen LogP contribution in [0, 0.1) is 0 Å². The zero-order valence-corrected chi connectivity index (χ0v) is 7.70. The van der Waals surface area contributed by atoms with Gasteiger partial charge < -0.3 is 10.1 Å². The second kappa shape index (κ2) is 4.28. The first-order valence-corrected chi connectivity index (χ1v) is 4.86. The fourth-order valence-electron chi connectivity index (χ4n) is 1.59. The third-order valence-corrected chi connectivity index (χ3v) is 2.33. The lowest BCUT2D eigenvalue weighted by atomic mass is 10.2. The van der Waals surface area contributed by atoms with Crippen molar-refractivity contribution in [2.45, 2.75) is 18.9 Å². The highest BCUT2D eigenvalue weighted by Crippen LogP contribution is 2.13. The third kappa shape index (κ3) is 2.46. The normalized spacial score (nSPS) is 21.7. The molecule has 13 heavy (non-hydrogen) atoms. The first-order valence-electron chi connectivity index (χ1n) is 4.86. The van der Waals surface area contributed by atoms with Gasteiger partial charge in [0.25, 0.3) is 0 Å². The monoisotopic (exact) mass is 177 g/mol. The minimum Gasteiger partial charge on any atom is -0.382 e. The zero-order chi connectivity index (χ0) is 8.93. The van der Waals surface area contributed by atoms with Crippen LogP contribution in [-0.4, -0.2) is 19.3 Å². The van der Waals surface area contributed by atoms with Crippen LogP contribution in [0.5, 0.6) is 0 Å². The smallest absolute Gasteiger partial charge is 0.0748 e. The lowest BCUT2D eigenvalue weighted by Gasteiger charge is -2.11. The molecule has 1 heterocycles. The van der Waals surface area contributed by atoms with Gasteiger partial charge in [-0.05, 0) is 25.0 Å². The molecule has 0 spiro atoms. The largest absolute Gasteiger partial charge is 0.382 e. The van der Waals surface area contributed by atoms with Crippen molar-refractivity contribution in [2.24, 2.45) is 0 Å². The van der Waals surface area contributed by atoms with Crippen LogP contribution in [0.4, 0.5) is 5.69 Å². The van der Waals surface area contributed by atoms with Gasteiger partial charge in [-0.1, -0.05) is 18.2 Å². The van der Waals surface area contributed by atoms with E-state index in [1.54, 1.807) is 0 Å². The second-order valence-corrected chi connectivity index (χ2v) is 3.38. The molecule has 1 saturated heterocycles. The van der Waals surface area contributed by atoms with E-state index in [2.05, 4.69) is 17.4 Å². The molecule has 2 nitrogen and oxygen atoms in total. The Bertz CT molecular complexity index is 242. The van der Waals surface area contributed by atoms with Gasteiger partial charge in [0.1, 0.15) is 0 Å². The molecule has 0 aliphatic carbocycles. The van der Waals surface area contributed by atoms with Crippen molar-refractivity contribution in [1.29, 1.82) is 0 Å². The molecule has 1 aromatic carbocycles. The molecule has 0 amide bonds. The van der Waals surface area contributed by atoms with Crippen molar-refractivity contribution < 1.29 is 4.74 Å². The van der Waals surface area contributed by atoms with E-state index in [0.717, 1.165) is 13.2 Å². The van der Waals surface area contributed by atoms with Crippen LogP contribution in [-0.2, 0) is 4.74 Å². The molecule has 2 heteroatoms. The van der Waals surface area contributed by atoms with Gasteiger partial charge in [0.2, 0.25) is 0 Å². The Morgan fingerprint density at radius 1 is 1.31 bits per heavy atom. The van der Waals surface area contributed by atoms with Gasteiger partial charge in [-0.25, -0.2) is 0 Å². The van der Waals surface area contributed by atoms with Gasteiger partial charge in [-0.3, -0.25) is 0 Å². The molecule has 1 atom stereocenters. The topological polar surface area (TPSA) is 21.3 Å². The summed E-state index contributed by atoms with van der Waals surface area (Å²) in [6.45, 7) is 1.87. The van der Waals surface area contributed by atoms with Crippen molar-refractivity contribution in [3.63, 3.8) is 0 Å². The number of hydrogen-bond donors (Lipinski definition) is 1. The van der Waals surface area contributed by atoms with Gasteiger partial charge in [0.05, 0.1) is 6.10 Å². The Kier molecular flexibility index (Phi) is 2.82. The number of para-hydroxylation sites is 1.